The molecule has 0 N–H and O–H groups in total. The first-order valence-electron chi connectivity index (χ1n) is 21.6. The molecule has 4 aliphatic rings. The van der Waals surface area contributed by atoms with E-state index in [-0.39, 0.29) is 75.6 Å². The molecular weight excluding hydrogens is 508 g/mol. The molecule has 0 aliphatic carbocycles. The molecule has 0 radical (unpaired) electrons. The Labute approximate surface area is 260 Å². The minimum atomic E-state index is -2.34. The highest BCUT2D eigenvalue weighted by Gasteiger charge is 2.10. The molecule has 0 saturated carbocycles. The van der Waals surface area contributed by atoms with E-state index in [4.69, 9.17) is 24.7 Å². The third kappa shape index (κ3) is 8.21. The molecule has 14 heteroatoms. The summed E-state index contributed by atoms with van der Waals surface area (Å²) < 4.78 is 143. The molecule has 0 amide bonds. The van der Waals surface area contributed by atoms with Gasteiger partial charge in [-0.3, -0.25) is 0 Å². The number of aromatic nitrogens is 14. The number of rotatable bonds is 0. The molecule has 4 aromatic rings. The predicted molar refractivity (Wildman–Crippen MR) is 146 cm³/mol. The van der Waals surface area contributed by atoms with Crippen molar-refractivity contribution in [1.29, 1.82) is 0 Å². The molecule has 40 heavy (non-hydrogen) atoms. The summed E-state index contributed by atoms with van der Waals surface area (Å²) in [5.41, 5.74) is 0. The number of aryl methyl sites for hydroxylation is 8. The minimum absolute atomic E-state index is 0.0227. The van der Waals surface area contributed by atoms with Crippen molar-refractivity contribution in [3.63, 3.8) is 0 Å². The maximum absolute atomic E-state index is 7.75. The van der Waals surface area contributed by atoms with Crippen molar-refractivity contribution in [2.45, 2.75) is 128 Å². The van der Waals surface area contributed by atoms with Gasteiger partial charge in [-0.05, 0) is 72.0 Å². The van der Waals surface area contributed by atoms with E-state index in [1.165, 1.54) is 26.6 Å². The van der Waals surface area contributed by atoms with Gasteiger partial charge in [-0.15, -0.1) is 30.6 Å². The van der Waals surface area contributed by atoms with Crippen molar-refractivity contribution >= 4 is 0 Å². The second-order valence-electron chi connectivity index (χ2n) is 8.41. The minimum Gasteiger partial charge on any atom is -0.318 e. The largest absolute Gasteiger partial charge is 0.318 e. The third-order valence-corrected chi connectivity index (χ3v) is 5.60. The lowest BCUT2D eigenvalue weighted by atomic mass is 10.2. The average molecular weight is 569 g/mol. The quantitative estimate of drug-likeness (QED) is 0.310. The zero-order chi connectivity index (χ0) is 43.4. The lowest BCUT2D eigenvalue weighted by Crippen LogP contribution is -2.02. The monoisotopic (exact) mass is 568 g/mol. The van der Waals surface area contributed by atoms with E-state index >= 15 is 0 Å². The number of hydrogen-bond acceptors (Lipinski definition) is 10. The standard InChI is InChI=1S/2C7H11N3.2C6H10N4/c2*1-2-4-7-9-8-6-10(7)5-3-1;2*1-2-4-6-7-8-9-10(6)5-3-1/h2*6H,1-5H2;2*1-5H2/i2D2,3D2,4D2;2D2,3D2;3D2,4D2;1D2,4D2. The van der Waals surface area contributed by atoms with Crippen LogP contribution >= 0.6 is 0 Å². The van der Waals surface area contributed by atoms with E-state index in [1.54, 1.807) is 4.57 Å². The first kappa shape index (κ1) is 13.4. The van der Waals surface area contributed by atoms with Crippen LogP contribution in [0.3, 0.4) is 0 Å². The van der Waals surface area contributed by atoms with Crippen molar-refractivity contribution in [3.8, 4) is 0 Å². The van der Waals surface area contributed by atoms with Gasteiger partial charge in [0.2, 0.25) is 0 Å². The molecule has 4 aromatic heterocycles. The van der Waals surface area contributed by atoms with Crippen LogP contribution in [0.25, 0.3) is 0 Å². The van der Waals surface area contributed by atoms with E-state index in [0.717, 1.165) is 0 Å². The fourth-order valence-electron chi connectivity index (χ4n) is 3.60. The summed E-state index contributed by atoms with van der Waals surface area (Å²) in [5.74, 6) is 0.619. The molecule has 8 heterocycles. The summed E-state index contributed by atoms with van der Waals surface area (Å²) in [6, 6.07) is 0. The molecule has 0 atom stereocenters. The molecule has 0 unspecified atom stereocenters. The molecule has 0 aromatic carbocycles. The first-order valence-corrected chi connectivity index (χ1v) is 12.6. The fraction of sp³-hybridized carbons (Fsp3) is 0.769. The van der Waals surface area contributed by atoms with Crippen LogP contribution in [0.4, 0.5) is 0 Å². The highest BCUT2D eigenvalue weighted by molar-refractivity contribution is 4.88. The highest BCUT2D eigenvalue weighted by atomic mass is 15.5. The molecule has 216 valence electrons. The van der Waals surface area contributed by atoms with Crippen LogP contribution in [0.15, 0.2) is 12.7 Å². The van der Waals surface area contributed by atoms with Crippen molar-refractivity contribution in [2.75, 3.05) is 0 Å². The second-order valence-corrected chi connectivity index (χ2v) is 8.41. The molecule has 0 fully saturated rings. The van der Waals surface area contributed by atoms with Gasteiger partial charge in [0.15, 0.2) is 11.6 Å². The van der Waals surface area contributed by atoms with Gasteiger partial charge in [-0.25, -0.2) is 9.36 Å². The Bertz CT molecular complexity index is 1990. The van der Waals surface area contributed by atoms with Crippen molar-refractivity contribution in [3.05, 3.63) is 36.0 Å². The summed E-state index contributed by atoms with van der Waals surface area (Å²) >= 11 is 0. The van der Waals surface area contributed by atoms with Gasteiger partial charge in [0.05, 0.1) is 0 Å². The molecule has 0 saturated heterocycles. The maximum atomic E-state index is 7.75. The van der Waals surface area contributed by atoms with Gasteiger partial charge in [0.25, 0.3) is 0 Å². The smallest absolute Gasteiger partial charge is 0.151 e. The van der Waals surface area contributed by atoms with E-state index in [1.807, 2.05) is 0 Å². The SMILES string of the molecule is [2H]C1([2H])CCC([2H])([2H])c2nnnn2C1.[2H]C1([2H])CCn2nnnc2C([2H])([2H])C1.[2H]C1([2H])Cc2nncn2CC([2H])([2H])C1.[2H]C1([2H])Cn2cnnc2C([2H])([2H])C([2H])([2H])C1. The van der Waals surface area contributed by atoms with Crippen LogP contribution in [-0.4, -0.2) is 69.9 Å². The Morgan fingerprint density at radius 3 is 1.95 bits per heavy atom. The average Bonchev–Trinajstić information content (AvgIpc) is 3.84. The molecule has 0 spiro atoms. The summed E-state index contributed by atoms with van der Waals surface area (Å²) in [4.78, 5) is 0. The number of hydrogen-bond donors (Lipinski definition) is 0. The topological polar surface area (TPSA) is 149 Å². The van der Waals surface area contributed by atoms with Gasteiger partial charge in [-0.1, -0.05) is 25.6 Å². The van der Waals surface area contributed by atoms with Crippen molar-refractivity contribution in [1.82, 2.24) is 69.9 Å². The number of nitrogens with zero attached hydrogens (tertiary/aromatic N) is 14. The summed E-state index contributed by atoms with van der Waals surface area (Å²) in [6.45, 7) is 0.354. The van der Waals surface area contributed by atoms with Gasteiger partial charge in [0, 0.05) is 76.4 Å². The lowest BCUT2D eigenvalue weighted by Gasteiger charge is -1.97. The Kier molecular flexibility index (Phi) is 5.11. The van der Waals surface area contributed by atoms with Gasteiger partial charge < -0.3 is 9.13 Å². The van der Waals surface area contributed by atoms with Gasteiger partial charge >= 0.3 is 0 Å². The van der Waals surface area contributed by atoms with Gasteiger partial charge in [0.1, 0.15) is 24.3 Å². The summed E-state index contributed by atoms with van der Waals surface area (Å²) in [7, 11) is 0. The second kappa shape index (κ2) is 15.3. The van der Waals surface area contributed by atoms with Crippen LogP contribution in [0.1, 0.15) is 125 Å². The van der Waals surface area contributed by atoms with Crippen LogP contribution in [-0.2, 0) is 51.7 Å². The Balaban J connectivity index is 0.000000148. The van der Waals surface area contributed by atoms with E-state index in [9.17, 15) is 0 Å². The normalized spacial score (nSPS) is 36.0. The predicted octanol–water partition coefficient (Wildman–Crippen LogP) is 2.81. The Morgan fingerprint density at radius 1 is 0.500 bits per heavy atom. The van der Waals surface area contributed by atoms with Crippen LogP contribution in [0.2, 0.25) is 0 Å². The van der Waals surface area contributed by atoms with E-state index < -0.39 is 63.8 Å². The van der Waals surface area contributed by atoms with Crippen LogP contribution in [0.5, 0.6) is 0 Å². The zero-order valence-electron chi connectivity index (χ0n) is 39.7. The van der Waals surface area contributed by atoms with Crippen LogP contribution in [0, 0.1) is 0 Å². The third-order valence-electron chi connectivity index (χ3n) is 5.60. The summed E-state index contributed by atoms with van der Waals surface area (Å²) in [5, 5.41) is 35.7. The number of fused-ring (bicyclic) bond motifs is 4. The first-order chi connectivity index (χ1) is 26.4. The molecule has 8 rings (SSSR count). The molecule has 0 bridgehead atoms. The van der Waals surface area contributed by atoms with Crippen molar-refractivity contribution < 1.29 is 24.7 Å². The molecule has 14 nitrogen and oxygen atoms in total. The van der Waals surface area contributed by atoms with Crippen LogP contribution < -0.4 is 0 Å². The summed E-state index contributed by atoms with van der Waals surface area (Å²) in [6.07, 6.45) is -13.3. The Hall–Kier alpha value is -3.58. The zero-order valence-corrected chi connectivity index (χ0v) is 21.7. The Morgan fingerprint density at radius 2 is 1.15 bits per heavy atom. The highest BCUT2D eigenvalue weighted by Crippen LogP contribution is 2.12. The molecular formula is C26H42N14. The maximum Gasteiger partial charge on any atom is 0.151 e. The lowest BCUT2D eigenvalue weighted by molar-refractivity contribution is 0.556. The van der Waals surface area contributed by atoms with Crippen molar-refractivity contribution in [2.24, 2.45) is 0 Å². The van der Waals surface area contributed by atoms with E-state index in [2.05, 4.69) is 51.4 Å². The number of tetrazole rings is 2. The van der Waals surface area contributed by atoms with E-state index in [0.29, 0.717) is 12.4 Å². The fourth-order valence-corrected chi connectivity index (χ4v) is 3.60. The van der Waals surface area contributed by atoms with Gasteiger partial charge in [-0.2, -0.15) is 0 Å². The molecule has 4 aliphatic heterocycles.